The van der Waals surface area contributed by atoms with Crippen LogP contribution in [0.3, 0.4) is 0 Å². The summed E-state index contributed by atoms with van der Waals surface area (Å²) < 4.78 is 32.2. The van der Waals surface area contributed by atoms with Crippen LogP contribution in [0.4, 0.5) is 0 Å². The van der Waals surface area contributed by atoms with E-state index in [0.717, 1.165) is 12.0 Å². The molecule has 1 saturated carbocycles. The van der Waals surface area contributed by atoms with Gasteiger partial charge in [-0.2, -0.15) is 4.31 Å². The lowest BCUT2D eigenvalue weighted by molar-refractivity contribution is -0.146. The highest BCUT2D eigenvalue weighted by Gasteiger charge is 2.60. The predicted molar refractivity (Wildman–Crippen MR) is 86.2 cm³/mol. The fourth-order valence-electron chi connectivity index (χ4n) is 3.46. The van der Waals surface area contributed by atoms with Crippen LogP contribution in [0, 0.1) is 18.3 Å². The Labute approximate surface area is 137 Å². The monoisotopic (exact) mass is 335 g/mol. The molecule has 1 aliphatic carbocycles. The number of ether oxygens (including phenoxy) is 1. The van der Waals surface area contributed by atoms with Crippen molar-refractivity contribution in [2.75, 3.05) is 13.7 Å². The van der Waals surface area contributed by atoms with Gasteiger partial charge < -0.3 is 4.74 Å². The second-order valence-corrected chi connectivity index (χ2v) is 8.37. The van der Waals surface area contributed by atoms with Crippen LogP contribution in [0.1, 0.15) is 18.4 Å². The largest absolute Gasteiger partial charge is 0.468 e. The van der Waals surface area contributed by atoms with Gasteiger partial charge in [0, 0.05) is 12.0 Å². The number of aryl methyl sites for hydroxylation is 1. The van der Waals surface area contributed by atoms with Gasteiger partial charge in [-0.05, 0) is 37.8 Å². The first-order valence-electron chi connectivity index (χ1n) is 7.64. The number of piperidine rings is 1. The highest BCUT2D eigenvalue weighted by atomic mass is 32.2. The maximum Gasteiger partial charge on any atom is 0.324 e. The number of rotatable bonds is 4. The first-order chi connectivity index (χ1) is 10.8. The van der Waals surface area contributed by atoms with E-state index in [1.54, 1.807) is 24.3 Å². The van der Waals surface area contributed by atoms with E-state index in [9.17, 15) is 13.2 Å². The molecule has 0 N–H and O–H groups in total. The fourth-order valence-corrected chi connectivity index (χ4v) is 5.13. The van der Waals surface area contributed by atoms with E-state index < -0.39 is 22.0 Å². The standard InChI is InChI=1S/C17H21NO4S/c1-4-17-10-13(17)9-15(16(19)22-3)18(11-17)23(20,21)14-7-5-12(2)6-8-14/h4-8,13,15H,1,9-11H2,2-3H3/t13-,15+,17-/m1/s1. The van der Waals surface area contributed by atoms with E-state index in [1.807, 2.05) is 13.0 Å². The summed E-state index contributed by atoms with van der Waals surface area (Å²) in [6.45, 7) is 6.04. The van der Waals surface area contributed by atoms with Crippen LogP contribution in [0.5, 0.6) is 0 Å². The molecule has 0 bridgehead atoms. The van der Waals surface area contributed by atoms with Crippen LogP contribution >= 0.6 is 0 Å². The van der Waals surface area contributed by atoms with Crippen LogP contribution in [0.2, 0.25) is 0 Å². The topological polar surface area (TPSA) is 63.7 Å². The molecule has 1 heterocycles. The molecule has 2 aliphatic rings. The number of nitrogens with zero attached hydrogens (tertiary/aromatic N) is 1. The summed E-state index contributed by atoms with van der Waals surface area (Å²) in [5, 5.41) is 0. The highest BCUT2D eigenvalue weighted by Crippen LogP contribution is 2.60. The number of methoxy groups -OCH3 is 1. The quantitative estimate of drug-likeness (QED) is 0.624. The average Bonchev–Trinajstić information content (AvgIpc) is 3.27. The molecule has 1 aromatic carbocycles. The molecule has 3 atom stereocenters. The van der Waals surface area contributed by atoms with Gasteiger partial charge in [0.2, 0.25) is 10.0 Å². The van der Waals surface area contributed by atoms with E-state index in [4.69, 9.17) is 4.74 Å². The number of benzene rings is 1. The molecule has 5 nitrogen and oxygen atoms in total. The van der Waals surface area contributed by atoms with Crippen LogP contribution in [0.15, 0.2) is 41.8 Å². The average molecular weight is 335 g/mol. The molecule has 1 aliphatic heterocycles. The van der Waals surface area contributed by atoms with E-state index in [1.165, 1.54) is 11.4 Å². The van der Waals surface area contributed by atoms with Crippen molar-refractivity contribution in [3.63, 3.8) is 0 Å². The second kappa shape index (κ2) is 5.46. The molecule has 6 heteroatoms. The molecule has 23 heavy (non-hydrogen) atoms. The molecule has 124 valence electrons. The van der Waals surface area contributed by atoms with Gasteiger partial charge in [-0.15, -0.1) is 6.58 Å². The molecule has 1 saturated heterocycles. The molecule has 0 unspecified atom stereocenters. The number of fused-ring (bicyclic) bond motifs is 1. The lowest BCUT2D eigenvalue weighted by Gasteiger charge is -2.35. The van der Waals surface area contributed by atoms with Gasteiger partial charge in [0.25, 0.3) is 0 Å². The van der Waals surface area contributed by atoms with Gasteiger partial charge in [-0.3, -0.25) is 4.79 Å². The van der Waals surface area contributed by atoms with Gasteiger partial charge in [-0.25, -0.2) is 8.42 Å². The summed E-state index contributed by atoms with van der Waals surface area (Å²) in [6.07, 6.45) is 3.20. The Morgan fingerprint density at radius 2 is 2.04 bits per heavy atom. The minimum absolute atomic E-state index is 0.192. The Morgan fingerprint density at radius 1 is 1.39 bits per heavy atom. The molecule has 3 rings (SSSR count). The maximum atomic E-state index is 13.0. The van der Waals surface area contributed by atoms with Crippen molar-refractivity contribution >= 4 is 16.0 Å². The van der Waals surface area contributed by atoms with Crippen LogP contribution < -0.4 is 0 Å². The number of esters is 1. The molecule has 0 radical (unpaired) electrons. The number of hydrogen-bond acceptors (Lipinski definition) is 4. The third-order valence-corrected chi connectivity index (χ3v) is 6.96. The van der Waals surface area contributed by atoms with Crippen LogP contribution in [-0.4, -0.2) is 38.4 Å². The zero-order valence-electron chi connectivity index (χ0n) is 13.4. The third kappa shape index (κ3) is 2.60. The second-order valence-electron chi connectivity index (χ2n) is 6.48. The molecular formula is C17H21NO4S. The SMILES string of the molecule is C=C[C@]12C[C@H]1C[C@@H](C(=O)OC)N(S(=O)(=O)c1ccc(C)cc1)C2. The molecule has 0 aromatic heterocycles. The molecular weight excluding hydrogens is 314 g/mol. The van der Waals surface area contributed by atoms with Crippen molar-refractivity contribution in [2.45, 2.75) is 30.7 Å². The Balaban J connectivity index is 2.00. The van der Waals surface area contributed by atoms with Crippen molar-refractivity contribution in [2.24, 2.45) is 11.3 Å². The van der Waals surface area contributed by atoms with Crippen LogP contribution in [0.25, 0.3) is 0 Å². The number of carbonyl (C=O) groups is 1. The summed E-state index contributed by atoms with van der Waals surface area (Å²) >= 11 is 0. The van der Waals surface area contributed by atoms with Crippen molar-refractivity contribution < 1.29 is 17.9 Å². The van der Waals surface area contributed by atoms with Crippen molar-refractivity contribution in [3.8, 4) is 0 Å². The Bertz CT molecular complexity index is 740. The maximum absolute atomic E-state index is 13.0. The molecule has 0 amide bonds. The predicted octanol–water partition coefficient (Wildman–Crippen LogP) is 2.12. The minimum Gasteiger partial charge on any atom is -0.468 e. The summed E-state index contributed by atoms with van der Waals surface area (Å²) in [5.74, 6) is -0.182. The first-order valence-corrected chi connectivity index (χ1v) is 9.08. The summed E-state index contributed by atoms with van der Waals surface area (Å²) in [4.78, 5) is 12.3. The first kappa shape index (κ1) is 16.2. The Morgan fingerprint density at radius 3 is 2.61 bits per heavy atom. The Hall–Kier alpha value is -1.66. The lowest BCUT2D eigenvalue weighted by atomic mass is 9.94. The zero-order chi connectivity index (χ0) is 16.8. The minimum atomic E-state index is -3.75. The number of sulfonamides is 1. The molecule has 1 aromatic rings. The summed E-state index contributed by atoms with van der Waals surface area (Å²) in [6, 6.07) is 5.92. The number of carbonyl (C=O) groups excluding carboxylic acids is 1. The normalized spacial score (nSPS) is 30.3. The van der Waals surface area contributed by atoms with Gasteiger partial charge >= 0.3 is 5.97 Å². The van der Waals surface area contributed by atoms with Gasteiger partial charge in [0.15, 0.2) is 0 Å². The highest BCUT2D eigenvalue weighted by molar-refractivity contribution is 7.89. The van der Waals surface area contributed by atoms with E-state index >= 15 is 0 Å². The Kier molecular flexibility index (Phi) is 3.84. The van der Waals surface area contributed by atoms with Crippen molar-refractivity contribution in [3.05, 3.63) is 42.5 Å². The smallest absolute Gasteiger partial charge is 0.324 e. The van der Waals surface area contributed by atoms with Crippen molar-refractivity contribution in [1.29, 1.82) is 0 Å². The fraction of sp³-hybridized carbons (Fsp3) is 0.471. The van der Waals surface area contributed by atoms with Gasteiger partial charge in [0.05, 0.1) is 12.0 Å². The zero-order valence-corrected chi connectivity index (χ0v) is 14.2. The molecule has 2 fully saturated rings. The van der Waals surface area contributed by atoms with Gasteiger partial charge in [-0.1, -0.05) is 23.8 Å². The molecule has 0 spiro atoms. The van der Waals surface area contributed by atoms with E-state index in [0.29, 0.717) is 12.3 Å². The van der Waals surface area contributed by atoms with Crippen molar-refractivity contribution in [1.82, 2.24) is 4.31 Å². The summed E-state index contributed by atoms with van der Waals surface area (Å²) in [7, 11) is -2.46. The van der Waals surface area contributed by atoms with Crippen LogP contribution in [-0.2, 0) is 19.6 Å². The van der Waals surface area contributed by atoms with E-state index in [2.05, 4.69) is 6.58 Å². The lowest BCUT2D eigenvalue weighted by Crippen LogP contribution is -2.51. The van der Waals surface area contributed by atoms with E-state index in [-0.39, 0.29) is 16.9 Å². The third-order valence-electron chi connectivity index (χ3n) is 5.09. The number of hydrogen-bond donors (Lipinski definition) is 0. The summed E-state index contributed by atoms with van der Waals surface area (Å²) in [5.41, 5.74) is 0.791. The van der Waals surface area contributed by atoms with Gasteiger partial charge in [0.1, 0.15) is 6.04 Å².